The normalized spacial score (nSPS) is 30.2. The van der Waals surface area contributed by atoms with Crippen molar-refractivity contribution in [2.24, 2.45) is 0 Å². The van der Waals surface area contributed by atoms with E-state index in [1.165, 1.54) is 0 Å². The number of hydrogen-bond donors (Lipinski definition) is 4. The van der Waals surface area contributed by atoms with Crippen molar-refractivity contribution in [3.63, 3.8) is 0 Å². The van der Waals surface area contributed by atoms with Crippen LogP contribution in [0, 0.1) is 6.08 Å². The minimum Gasteiger partial charge on any atom is -0.394 e. The zero-order valence-electron chi connectivity index (χ0n) is 10.1. The van der Waals surface area contributed by atoms with Gasteiger partial charge in [-0.15, -0.1) is 0 Å². The lowest BCUT2D eigenvalue weighted by molar-refractivity contribution is -0.0558. The maximum absolute atomic E-state index is 14.0. The molecule has 1 aliphatic heterocycles. The molecule has 10 heteroatoms. The number of nitrogens with two attached hydrogens (primary N) is 1. The van der Waals surface area contributed by atoms with Crippen molar-refractivity contribution in [2.45, 2.75) is 24.5 Å². The smallest absolute Gasteiger partial charge is 0.293 e. The molecule has 1 fully saturated rings. The van der Waals surface area contributed by atoms with E-state index in [9.17, 15) is 14.6 Å². The van der Waals surface area contributed by atoms with E-state index < -0.39 is 37.2 Å². The third-order valence-corrected chi connectivity index (χ3v) is 3.23. The number of aromatic nitrogens is 4. The molecule has 1 aliphatic rings. The molecular formula is C10H12FN5O4. The predicted molar refractivity (Wildman–Crippen MR) is 62.7 cm³/mol. The Morgan fingerprint density at radius 1 is 1.35 bits per heavy atom. The second-order valence-corrected chi connectivity index (χ2v) is 4.41. The van der Waals surface area contributed by atoms with Gasteiger partial charge in [-0.1, -0.05) is 0 Å². The van der Waals surface area contributed by atoms with E-state index in [-0.39, 0.29) is 17.0 Å². The van der Waals surface area contributed by atoms with Gasteiger partial charge in [0.25, 0.3) is 6.08 Å². The molecule has 1 saturated heterocycles. The molecule has 108 valence electrons. The number of ether oxygens (including phenoxy) is 1. The summed E-state index contributed by atoms with van der Waals surface area (Å²) in [7, 11) is 0. The van der Waals surface area contributed by atoms with Crippen molar-refractivity contribution in [1.29, 1.82) is 0 Å². The minimum absolute atomic E-state index is 0.0145. The third-order valence-electron chi connectivity index (χ3n) is 3.23. The summed E-state index contributed by atoms with van der Waals surface area (Å²) in [5.41, 5.74) is 5.63. The maximum atomic E-state index is 14.0. The van der Waals surface area contributed by atoms with Crippen LogP contribution in [0.15, 0.2) is 6.33 Å². The molecule has 3 heterocycles. The van der Waals surface area contributed by atoms with Crippen LogP contribution in [0.4, 0.5) is 10.2 Å². The third kappa shape index (κ3) is 1.73. The fraction of sp³-hybridized carbons (Fsp3) is 0.500. The fourth-order valence-electron chi connectivity index (χ4n) is 2.22. The molecule has 0 unspecified atom stereocenters. The van der Waals surface area contributed by atoms with Crippen LogP contribution in [0.2, 0.25) is 0 Å². The highest BCUT2D eigenvalue weighted by molar-refractivity contribution is 5.81. The number of imidazole rings is 1. The highest BCUT2D eigenvalue weighted by Gasteiger charge is 2.45. The molecule has 20 heavy (non-hydrogen) atoms. The number of halogens is 1. The standard InChI is InChI=1S/C10H12FN5O4/c11-10-15-4-7(12)13-2-14-8(4)16(10)9-6(19)5(18)3(1-17)20-9/h2-3,5-6,9,17-19H,1H2,(H2,12,13,14)/t3-,5-,6-,9-/m1/s1/i11-1. The van der Waals surface area contributed by atoms with Crippen LogP contribution < -0.4 is 5.73 Å². The second kappa shape index (κ2) is 4.59. The van der Waals surface area contributed by atoms with Gasteiger partial charge < -0.3 is 25.8 Å². The largest absolute Gasteiger partial charge is 0.394 e. The Bertz CT molecular complexity index is 650. The second-order valence-electron chi connectivity index (χ2n) is 4.41. The number of nitrogen functional groups attached to an aromatic ring is 1. The van der Waals surface area contributed by atoms with Gasteiger partial charge >= 0.3 is 0 Å². The van der Waals surface area contributed by atoms with Crippen molar-refractivity contribution >= 4 is 17.0 Å². The average Bonchev–Trinajstić information content (AvgIpc) is 2.90. The van der Waals surface area contributed by atoms with Crippen molar-refractivity contribution in [3.8, 4) is 0 Å². The van der Waals surface area contributed by atoms with Crippen molar-refractivity contribution in [2.75, 3.05) is 12.3 Å². The Labute approximate surface area is 111 Å². The SMILES string of the molecule is Nc1ncnc2c1nc([18F])n2[C@@H]1O[C@H](CO)[C@@H](O)[C@H]1O. The number of aliphatic hydroxyl groups is 3. The predicted octanol–water partition coefficient (Wildman–Crippen LogP) is -1.84. The van der Waals surface area contributed by atoms with E-state index in [0.29, 0.717) is 0 Å². The maximum Gasteiger partial charge on any atom is 0.293 e. The summed E-state index contributed by atoms with van der Waals surface area (Å²) in [6, 6.07) is 0. The summed E-state index contributed by atoms with van der Waals surface area (Å²) >= 11 is 0. The Morgan fingerprint density at radius 2 is 2.10 bits per heavy atom. The zero-order valence-corrected chi connectivity index (χ0v) is 10.1. The summed E-state index contributed by atoms with van der Waals surface area (Å²) in [5, 5.41) is 28.6. The van der Waals surface area contributed by atoms with Crippen LogP contribution in [0.5, 0.6) is 0 Å². The molecule has 0 radical (unpaired) electrons. The lowest BCUT2D eigenvalue weighted by atomic mass is 10.1. The van der Waals surface area contributed by atoms with Crippen LogP contribution in [0.3, 0.4) is 0 Å². The van der Waals surface area contributed by atoms with Gasteiger partial charge in [-0.3, -0.25) is 4.57 Å². The van der Waals surface area contributed by atoms with Crippen LogP contribution in [-0.2, 0) is 4.74 Å². The first kappa shape index (κ1) is 13.1. The van der Waals surface area contributed by atoms with Gasteiger partial charge in [0.15, 0.2) is 23.2 Å². The number of anilines is 1. The molecule has 0 spiro atoms. The summed E-state index contributed by atoms with van der Waals surface area (Å²) in [5.74, 6) is -0.0145. The molecule has 0 aromatic carbocycles. The van der Waals surface area contributed by atoms with Crippen molar-refractivity contribution < 1.29 is 24.4 Å². The summed E-state index contributed by atoms with van der Waals surface area (Å²) < 4.78 is 20.1. The topological polar surface area (TPSA) is 140 Å². The van der Waals surface area contributed by atoms with Crippen LogP contribution in [0.1, 0.15) is 6.23 Å². The van der Waals surface area contributed by atoms with Gasteiger partial charge in [-0.2, -0.15) is 9.37 Å². The van der Waals surface area contributed by atoms with Crippen molar-refractivity contribution in [1.82, 2.24) is 19.5 Å². The fourth-order valence-corrected chi connectivity index (χ4v) is 2.22. The lowest BCUT2D eigenvalue weighted by Gasteiger charge is -2.16. The van der Waals surface area contributed by atoms with Gasteiger partial charge in [0, 0.05) is 0 Å². The average molecular weight is 284 g/mol. The molecule has 9 nitrogen and oxygen atoms in total. The molecule has 4 atom stereocenters. The minimum atomic E-state index is -1.43. The summed E-state index contributed by atoms with van der Waals surface area (Å²) in [6.45, 7) is -0.514. The Hall–Kier alpha value is -1.88. The molecule has 5 N–H and O–H groups in total. The molecule has 0 aliphatic carbocycles. The zero-order chi connectivity index (χ0) is 14.4. The lowest BCUT2D eigenvalue weighted by Crippen LogP contribution is -2.33. The molecular weight excluding hydrogens is 272 g/mol. The highest BCUT2D eigenvalue weighted by Crippen LogP contribution is 2.32. The highest BCUT2D eigenvalue weighted by atomic mass is 18.2. The van der Waals surface area contributed by atoms with E-state index in [2.05, 4.69) is 15.0 Å². The van der Waals surface area contributed by atoms with E-state index in [4.69, 9.17) is 15.6 Å². The number of nitrogens with zero attached hydrogens (tertiary/aromatic N) is 4. The van der Waals surface area contributed by atoms with Gasteiger partial charge in [0.05, 0.1) is 6.61 Å². The van der Waals surface area contributed by atoms with Crippen LogP contribution >= 0.6 is 0 Å². The first-order valence-corrected chi connectivity index (χ1v) is 5.81. The van der Waals surface area contributed by atoms with Gasteiger partial charge in [-0.05, 0) is 0 Å². The van der Waals surface area contributed by atoms with E-state index in [1.54, 1.807) is 0 Å². The first-order valence-electron chi connectivity index (χ1n) is 5.81. The molecule has 0 bridgehead atoms. The Kier molecular flexibility index (Phi) is 3.01. The molecule has 3 rings (SSSR count). The van der Waals surface area contributed by atoms with E-state index >= 15 is 0 Å². The van der Waals surface area contributed by atoms with Gasteiger partial charge in [0.2, 0.25) is 0 Å². The summed E-state index contributed by atoms with van der Waals surface area (Å²) in [6.07, 6.45) is -4.93. The first-order chi connectivity index (χ1) is 9.54. The number of aliphatic hydroxyl groups excluding tert-OH is 3. The van der Waals surface area contributed by atoms with Gasteiger partial charge in [0.1, 0.15) is 24.6 Å². The van der Waals surface area contributed by atoms with Gasteiger partial charge in [-0.25, -0.2) is 9.97 Å². The monoisotopic (exact) mass is 284 g/mol. The molecule has 0 amide bonds. The van der Waals surface area contributed by atoms with E-state index in [1.807, 2.05) is 0 Å². The van der Waals surface area contributed by atoms with Crippen LogP contribution in [0.25, 0.3) is 11.2 Å². The Balaban J connectivity index is 2.11. The molecule has 0 saturated carbocycles. The van der Waals surface area contributed by atoms with Crippen molar-refractivity contribution in [3.05, 3.63) is 12.4 Å². The van der Waals surface area contributed by atoms with E-state index in [0.717, 1.165) is 10.9 Å². The molecule has 2 aromatic rings. The number of fused-ring (bicyclic) bond motifs is 1. The number of hydrogen-bond acceptors (Lipinski definition) is 8. The quantitative estimate of drug-likeness (QED) is 0.472. The number of rotatable bonds is 2. The molecule has 2 aromatic heterocycles. The summed E-state index contributed by atoms with van der Waals surface area (Å²) in [4.78, 5) is 11.1. The van der Waals surface area contributed by atoms with Crippen LogP contribution in [-0.4, -0.2) is 59.8 Å². The Morgan fingerprint density at radius 3 is 2.75 bits per heavy atom.